The second-order valence-corrected chi connectivity index (χ2v) is 4.95. The van der Waals surface area contributed by atoms with E-state index < -0.39 is 0 Å². The molecular formula is C14H23N5O. The number of unbranched alkanes of at least 4 members (excludes halogenated alkanes) is 1. The molecule has 1 aromatic rings. The van der Waals surface area contributed by atoms with Crippen molar-refractivity contribution in [3.63, 3.8) is 0 Å². The van der Waals surface area contributed by atoms with E-state index in [2.05, 4.69) is 27.1 Å². The van der Waals surface area contributed by atoms with Crippen molar-refractivity contribution in [3.05, 3.63) is 18.5 Å². The molecular weight excluding hydrogens is 254 g/mol. The number of hydrogen-bond acceptors (Lipinski definition) is 5. The third kappa shape index (κ3) is 4.16. The summed E-state index contributed by atoms with van der Waals surface area (Å²) in [7, 11) is 0. The molecule has 0 aliphatic carbocycles. The van der Waals surface area contributed by atoms with Crippen molar-refractivity contribution in [2.75, 3.05) is 44.2 Å². The zero-order valence-corrected chi connectivity index (χ0v) is 12.1. The fourth-order valence-electron chi connectivity index (χ4n) is 2.22. The topological polar surface area (TPSA) is 61.4 Å². The van der Waals surface area contributed by atoms with Gasteiger partial charge in [-0.15, -0.1) is 0 Å². The number of amides is 1. The highest BCUT2D eigenvalue weighted by molar-refractivity contribution is 5.78. The average Bonchev–Trinajstić information content (AvgIpc) is 2.52. The first-order valence-electron chi connectivity index (χ1n) is 7.31. The molecule has 1 fully saturated rings. The molecule has 1 aliphatic rings. The molecule has 0 aromatic carbocycles. The van der Waals surface area contributed by atoms with Crippen molar-refractivity contribution in [1.82, 2.24) is 20.2 Å². The number of aromatic nitrogens is 2. The van der Waals surface area contributed by atoms with Crippen molar-refractivity contribution in [2.45, 2.75) is 19.8 Å². The fraction of sp³-hybridized carbons (Fsp3) is 0.643. The molecule has 0 bridgehead atoms. The Hall–Kier alpha value is -1.69. The molecule has 2 heterocycles. The largest absolute Gasteiger partial charge is 0.338 e. The van der Waals surface area contributed by atoms with Crippen LogP contribution in [0.5, 0.6) is 0 Å². The third-order valence-corrected chi connectivity index (χ3v) is 3.45. The van der Waals surface area contributed by atoms with Gasteiger partial charge in [0.2, 0.25) is 11.9 Å². The van der Waals surface area contributed by atoms with Crippen LogP contribution in [0.1, 0.15) is 19.8 Å². The van der Waals surface area contributed by atoms with E-state index in [4.69, 9.17) is 0 Å². The van der Waals surface area contributed by atoms with E-state index in [-0.39, 0.29) is 5.91 Å². The molecule has 1 amide bonds. The molecule has 6 heteroatoms. The molecule has 1 N–H and O–H groups in total. The van der Waals surface area contributed by atoms with Gasteiger partial charge in [-0.2, -0.15) is 0 Å². The summed E-state index contributed by atoms with van der Waals surface area (Å²) in [6.07, 6.45) is 5.76. The Balaban J connectivity index is 1.72. The summed E-state index contributed by atoms with van der Waals surface area (Å²) in [5.41, 5.74) is 0. The lowest BCUT2D eigenvalue weighted by Gasteiger charge is -2.34. The molecule has 0 unspecified atom stereocenters. The highest BCUT2D eigenvalue weighted by Gasteiger charge is 2.21. The van der Waals surface area contributed by atoms with Crippen LogP contribution in [0.15, 0.2) is 18.5 Å². The molecule has 0 spiro atoms. The minimum Gasteiger partial charge on any atom is -0.338 e. The van der Waals surface area contributed by atoms with E-state index >= 15 is 0 Å². The average molecular weight is 277 g/mol. The Labute approximate surface area is 120 Å². The van der Waals surface area contributed by atoms with Crippen molar-refractivity contribution < 1.29 is 4.79 Å². The molecule has 0 saturated carbocycles. The van der Waals surface area contributed by atoms with Gasteiger partial charge in [-0.3, -0.25) is 4.79 Å². The van der Waals surface area contributed by atoms with Crippen LogP contribution in [0, 0.1) is 0 Å². The summed E-state index contributed by atoms with van der Waals surface area (Å²) in [6, 6.07) is 1.81. The Morgan fingerprint density at radius 2 is 1.95 bits per heavy atom. The fourth-order valence-corrected chi connectivity index (χ4v) is 2.22. The van der Waals surface area contributed by atoms with Gasteiger partial charge in [0.05, 0.1) is 6.54 Å². The summed E-state index contributed by atoms with van der Waals surface area (Å²) < 4.78 is 0. The Bertz CT molecular complexity index is 403. The van der Waals surface area contributed by atoms with E-state index in [1.807, 2.05) is 11.0 Å². The maximum Gasteiger partial charge on any atom is 0.236 e. The predicted molar refractivity (Wildman–Crippen MR) is 78.6 cm³/mol. The molecule has 6 nitrogen and oxygen atoms in total. The van der Waals surface area contributed by atoms with Crippen LogP contribution in [-0.4, -0.2) is 60.0 Å². The predicted octanol–water partition coefficient (Wildman–Crippen LogP) is 0.515. The first-order chi connectivity index (χ1) is 9.81. The van der Waals surface area contributed by atoms with Crippen LogP contribution in [0.25, 0.3) is 0 Å². The van der Waals surface area contributed by atoms with Crippen molar-refractivity contribution in [3.8, 4) is 0 Å². The van der Waals surface area contributed by atoms with Gasteiger partial charge < -0.3 is 15.1 Å². The maximum atomic E-state index is 12.0. The van der Waals surface area contributed by atoms with Crippen molar-refractivity contribution in [2.24, 2.45) is 0 Å². The SMILES string of the molecule is CCCCNCC(=O)N1CCN(c2ncccn2)CC1. The second kappa shape index (κ2) is 7.79. The van der Waals surface area contributed by atoms with Crippen LogP contribution in [0.4, 0.5) is 5.95 Å². The van der Waals surface area contributed by atoms with Gasteiger partial charge >= 0.3 is 0 Å². The maximum absolute atomic E-state index is 12.0. The number of rotatable bonds is 6. The molecule has 20 heavy (non-hydrogen) atoms. The van der Waals surface area contributed by atoms with Gasteiger partial charge in [-0.05, 0) is 19.0 Å². The van der Waals surface area contributed by atoms with Gasteiger partial charge in [0.25, 0.3) is 0 Å². The van der Waals surface area contributed by atoms with Gasteiger partial charge in [0, 0.05) is 38.6 Å². The van der Waals surface area contributed by atoms with E-state index in [1.54, 1.807) is 12.4 Å². The van der Waals surface area contributed by atoms with Gasteiger partial charge in [0.15, 0.2) is 0 Å². The van der Waals surface area contributed by atoms with Crippen molar-refractivity contribution >= 4 is 11.9 Å². The minimum atomic E-state index is 0.190. The Morgan fingerprint density at radius 1 is 1.25 bits per heavy atom. The highest BCUT2D eigenvalue weighted by atomic mass is 16.2. The number of nitrogens with one attached hydrogen (secondary N) is 1. The van der Waals surface area contributed by atoms with E-state index in [0.717, 1.165) is 51.5 Å². The molecule has 110 valence electrons. The number of anilines is 1. The lowest BCUT2D eigenvalue weighted by Crippen LogP contribution is -2.51. The summed E-state index contributed by atoms with van der Waals surface area (Å²) in [5.74, 6) is 0.940. The van der Waals surface area contributed by atoms with E-state index in [1.165, 1.54) is 0 Å². The summed E-state index contributed by atoms with van der Waals surface area (Å²) in [6.45, 7) is 6.59. The van der Waals surface area contributed by atoms with Crippen LogP contribution < -0.4 is 10.2 Å². The van der Waals surface area contributed by atoms with Crippen LogP contribution in [0.2, 0.25) is 0 Å². The summed E-state index contributed by atoms with van der Waals surface area (Å²) >= 11 is 0. The summed E-state index contributed by atoms with van der Waals surface area (Å²) in [5, 5.41) is 3.20. The third-order valence-electron chi connectivity index (χ3n) is 3.45. The second-order valence-electron chi connectivity index (χ2n) is 4.95. The zero-order valence-electron chi connectivity index (χ0n) is 12.1. The molecule has 2 rings (SSSR count). The highest BCUT2D eigenvalue weighted by Crippen LogP contribution is 2.09. The molecule has 1 saturated heterocycles. The van der Waals surface area contributed by atoms with Gasteiger partial charge in [0.1, 0.15) is 0 Å². The van der Waals surface area contributed by atoms with Crippen molar-refractivity contribution in [1.29, 1.82) is 0 Å². The number of hydrogen-bond donors (Lipinski definition) is 1. The molecule has 1 aliphatic heterocycles. The Morgan fingerprint density at radius 3 is 2.60 bits per heavy atom. The van der Waals surface area contributed by atoms with Crippen LogP contribution >= 0.6 is 0 Å². The summed E-state index contributed by atoms with van der Waals surface area (Å²) in [4.78, 5) is 24.5. The van der Waals surface area contributed by atoms with Crippen LogP contribution in [-0.2, 0) is 4.79 Å². The monoisotopic (exact) mass is 277 g/mol. The first-order valence-corrected chi connectivity index (χ1v) is 7.31. The molecule has 0 radical (unpaired) electrons. The van der Waals surface area contributed by atoms with Gasteiger partial charge in [-0.25, -0.2) is 9.97 Å². The molecule has 0 atom stereocenters. The zero-order chi connectivity index (χ0) is 14.2. The number of nitrogens with zero attached hydrogens (tertiary/aromatic N) is 4. The van der Waals surface area contributed by atoms with Gasteiger partial charge in [-0.1, -0.05) is 13.3 Å². The quantitative estimate of drug-likeness (QED) is 0.768. The molecule has 1 aromatic heterocycles. The van der Waals surface area contributed by atoms with E-state index in [0.29, 0.717) is 6.54 Å². The number of carbonyl (C=O) groups is 1. The normalized spacial score (nSPS) is 15.4. The van der Waals surface area contributed by atoms with E-state index in [9.17, 15) is 4.79 Å². The number of carbonyl (C=O) groups excluding carboxylic acids is 1. The standard InChI is InChI=1S/C14H23N5O/c1-2-3-5-15-12-13(20)18-8-10-19(11-9-18)14-16-6-4-7-17-14/h4,6-7,15H,2-3,5,8-12H2,1H3. The number of piperazine rings is 1. The minimum absolute atomic E-state index is 0.190. The van der Waals surface area contributed by atoms with Crippen LogP contribution in [0.3, 0.4) is 0 Å². The first kappa shape index (κ1) is 14.7. The smallest absolute Gasteiger partial charge is 0.236 e. The lowest BCUT2D eigenvalue weighted by atomic mass is 10.3. The lowest BCUT2D eigenvalue weighted by molar-refractivity contribution is -0.130. The Kier molecular flexibility index (Phi) is 5.73.